The Hall–Kier alpha value is -2.16. The van der Waals surface area contributed by atoms with Crippen molar-refractivity contribution in [1.29, 1.82) is 0 Å². The molecule has 0 unspecified atom stereocenters. The second-order valence-electron chi connectivity index (χ2n) is 3.53. The molecule has 0 radical (unpaired) electrons. The Morgan fingerprint density at radius 1 is 1.40 bits per heavy atom. The van der Waals surface area contributed by atoms with E-state index in [2.05, 4.69) is 25.0 Å². The van der Waals surface area contributed by atoms with Crippen molar-refractivity contribution in [1.82, 2.24) is 15.1 Å². The number of pyridine rings is 1. The topological polar surface area (TPSA) is 80.9 Å². The SMILES string of the molecule is O=C(CCl)Nc1ccc(-c2noc(C(F)(F)F)n2)nc1. The molecule has 6 nitrogen and oxygen atoms in total. The Labute approximate surface area is 114 Å². The molecule has 0 aromatic carbocycles. The van der Waals surface area contributed by atoms with Crippen LogP contribution in [-0.4, -0.2) is 26.9 Å². The lowest BCUT2D eigenvalue weighted by Crippen LogP contribution is -2.12. The zero-order chi connectivity index (χ0) is 14.8. The minimum absolute atomic E-state index is 0.0770. The standard InChI is InChI=1S/C10H6ClF3N4O2/c11-3-7(19)16-5-1-2-6(15-4-5)8-17-9(20-18-8)10(12,13)14/h1-2,4H,3H2,(H,16,19). The number of hydrogen-bond donors (Lipinski definition) is 1. The van der Waals surface area contributed by atoms with Crippen molar-refractivity contribution in [3.63, 3.8) is 0 Å². The summed E-state index contributed by atoms with van der Waals surface area (Å²) in [6.45, 7) is 0. The first-order valence-electron chi connectivity index (χ1n) is 5.13. The Morgan fingerprint density at radius 3 is 2.65 bits per heavy atom. The van der Waals surface area contributed by atoms with Crippen LogP contribution in [0.15, 0.2) is 22.9 Å². The van der Waals surface area contributed by atoms with Crippen LogP contribution < -0.4 is 5.32 Å². The normalized spacial score (nSPS) is 11.4. The summed E-state index contributed by atoms with van der Waals surface area (Å²) in [6, 6.07) is 2.77. The fraction of sp³-hybridized carbons (Fsp3) is 0.200. The van der Waals surface area contributed by atoms with Crippen LogP contribution in [0.4, 0.5) is 18.9 Å². The average Bonchev–Trinajstić information content (AvgIpc) is 2.89. The van der Waals surface area contributed by atoms with Crippen molar-refractivity contribution in [3.8, 4) is 11.5 Å². The summed E-state index contributed by atoms with van der Waals surface area (Å²) in [5, 5.41) is 5.60. The van der Waals surface area contributed by atoms with Crippen LogP contribution in [0.1, 0.15) is 5.89 Å². The van der Waals surface area contributed by atoms with Crippen molar-refractivity contribution in [2.45, 2.75) is 6.18 Å². The lowest BCUT2D eigenvalue weighted by atomic mass is 10.3. The average molecular weight is 307 g/mol. The highest BCUT2D eigenvalue weighted by molar-refractivity contribution is 6.29. The number of nitrogens with one attached hydrogen (secondary N) is 1. The first kappa shape index (κ1) is 14.3. The Bertz CT molecular complexity index is 612. The monoisotopic (exact) mass is 306 g/mol. The lowest BCUT2D eigenvalue weighted by Gasteiger charge is -2.02. The van der Waals surface area contributed by atoms with E-state index in [1.807, 2.05) is 0 Å². The lowest BCUT2D eigenvalue weighted by molar-refractivity contribution is -0.159. The molecule has 0 saturated heterocycles. The van der Waals surface area contributed by atoms with Crippen LogP contribution in [-0.2, 0) is 11.0 Å². The van der Waals surface area contributed by atoms with E-state index < -0.39 is 18.0 Å². The molecule has 1 amide bonds. The number of nitrogens with zero attached hydrogens (tertiary/aromatic N) is 3. The molecule has 10 heteroatoms. The predicted octanol–water partition coefficient (Wildman–Crippen LogP) is 2.33. The maximum Gasteiger partial charge on any atom is 0.471 e. The number of rotatable bonds is 3. The molecule has 2 aromatic rings. The van der Waals surface area contributed by atoms with Gasteiger partial charge in [-0.1, -0.05) is 5.16 Å². The largest absolute Gasteiger partial charge is 0.471 e. The Morgan fingerprint density at radius 2 is 2.15 bits per heavy atom. The van der Waals surface area contributed by atoms with Crippen LogP contribution >= 0.6 is 11.6 Å². The molecule has 2 aromatic heterocycles. The maximum atomic E-state index is 12.3. The van der Waals surface area contributed by atoms with E-state index in [1.165, 1.54) is 18.3 Å². The van der Waals surface area contributed by atoms with Gasteiger partial charge in [-0.05, 0) is 12.1 Å². The van der Waals surface area contributed by atoms with Crippen molar-refractivity contribution in [2.24, 2.45) is 0 Å². The summed E-state index contributed by atoms with van der Waals surface area (Å²) in [5.41, 5.74) is 0.423. The second-order valence-corrected chi connectivity index (χ2v) is 3.80. The Balaban J connectivity index is 2.18. The molecular formula is C10H6ClF3N4O2. The highest BCUT2D eigenvalue weighted by Gasteiger charge is 2.38. The fourth-order valence-electron chi connectivity index (χ4n) is 1.24. The van der Waals surface area contributed by atoms with Gasteiger partial charge in [0, 0.05) is 0 Å². The van der Waals surface area contributed by atoms with E-state index in [4.69, 9.17) is 11.6 Å². The second kappa shape index (κ2) is 5.45. The molecule has 1 N–H and O–H groups in total. The summed E-state index contributed by atoms with van der Waals surface area (Å²) < 4.78 is 40.9. The van der Waals surface area contributed by atoms with E-state index in [-0.39, 0.29) is 17.4 Å². The van der Waals surface area contributed by atoms with Crippen LogP contribution in [0.5, 0.6) is 0 Å². The molecule has 0 aliphatic heterocycles. The van der Waals surface area contributed by atoms with Gasteiger partial charge in [-0.25, -0.2) is 0 Å². The highest BCUT2D eigenvalue weighted by Crippen LogP contribution is 2.29. The summed E-state index contributed by atoms with van der Waals surface area (Å²) in [7, 11) is 0. The summed E-state index contributed by atoms with van der Waals surface area (Å²) in [5.74, 6) is -2.40. The summed E-state index contributed by atoms with van der Waals surface area (Å²) in [4.78, 5) is 18.0. The van der Waals surface area contributed by atoms with Gasteiger partial charge in [0.05, 0.1) is 11.9 Å². The first-order chi connectivity index (χ1) is 9.40. The number of amides is 1. The van der Waals surface area contributed by atoms with E-state index in [9.17, 15) is 18.0 Å². The smallest absolute Gasteiger partial charge is 0.329 e. The predicted molar refractivity (Wildman–Crippen MR) is 61.9 cm³/mol. The van der Waals surface area contributed by atoms with Gasteiger partial charge >= 0.3 is 12.1 Å². The summed E-state index contributed by atoms with van der Waals surface area (Å²) in [6.07, 6.45) is -3.47. The van der Waals surface area contributed by atoms with E-state index >= 15 is 0 Å². The number of anilines is 1. The minimum Gasteiger partial charge on any atom is -0.329 e. The van der Waals surface area contributed by atoms with Gasteiger partial charge in [0.15, 0.2) is 0 Å². The minimum atomic E-state index is -4.71. The number of aromatic nitrogens is 3. The van der Waals surface area contributed by atoms with Gasteiger partial charge in [-0.3, -0.25) is 9.78 Å². The zero-order valence-electron chi connectivity index (χ0n) is 9.61. The van der Waals surface area contributed by atoms with Crippen molar-refractivity contribution < 1.29 is 22.5 Å². The number of hydrogen-bond acceptors (Lipinski definition) is 5. The van der Waals surface area contributed by atoms with Gasteiger partial charge in [0.25, 0.3) is 0 Å². The molecule has 0 aliphatic carbocycles. The number of halogens is 4. The molecule has 106 valence electrons. The van der Waals surface area contributed by atoms with Crippen molar-refractivity contribution >= 4 is 23.2 Å². The van der Waals surface area contributed by atoms with Crippen LogP contribution in [0.2, 0.25) is 0 Å². The number of alkyl halides is 4. The first-order valence-corrected chi connectivity index (χ1v) is 5.67. The third-order valence-corrected chi connectivity index (χ3v) is 2.31. The quantitative estimate of drug-likeness (QED) is 0.880. The molecule has 20 heavy (non-hydrogen) atoms. The number of carbonyl (C=O) groups is 1. The van der Waals surface area contributed by atoms with Crippen LogP contribution in [0.25, 0.3) is 11.5 Å². The van der Waals surface area contributed by atoms with E-state index in [0.717, 1.165) is 0 Å². The van der Waals surface area contributed by atoms with Crippen LogP contribution in [0.3, 0.4) is 0 Å². The molecule has 0 spiro atoms. The molecule has 2 heterocycles. The molecule has 2 rings (SSSR count). The molecule has 0 fully saturated rings. The zero-order valence-corrected chi connectivity index (χ0v) is 10.4. The van der Waals surface area contributed by atoms with E-state index in [0.29, 0.717) is 5.69 Å². The molecular weight excluding hydrogens is 301 g/mol. The molecule has 0 aliphatic rings. The van der Waals surface area contributed by atoms with Gasteiger partial charge < -0.3 is 9.84 Å². The van der Waals surface area contributed by atoms with Gasteiger partial charge in [-0.2, -0.15) is 18.2 Å². The van der Waals surface area contributed by atoms with Gasteiger partial charge in [0.1, 0.15) is 11.6 Å². The van der Waals surface area contributed by atoms with Gasteiger partial charge in [0.2, 0.25) is 11.7 Å². The summed E-state index contributed by atoms with van der Waals surface area (Å²) >= 11 is 5.30. The highest BCUT2D eigenvalue weighted by atomic mass is 35.5. The molecule has 0 saturated carbocycles. The maximum absolute atomic E-state index is 12.3. The fourth-order valence-corrected chi connectivity index (χ4v) is 1.30. The van der Waals surface area contributed by atoms with Crippen molar-refractivity contribution in [3.05, 3.63) is 24.2 Å². The third-order valence-electron chi connectivity index (χ3n) is 2.07. The van der Waals surface area contributed by atoms with Crippen LogP contribution in [0, 0.1) is 0 Å². The number of carbonyl (C=O) groups excluding carboxylic acids is 1. The van der Waals surface area contributed by atoms with E-state index in [1.54, 1.807) is 0 Å². The third kappa shape index (κ3) is 3.23. The van der Waals surface area contributed by atoms with Crippen molar-refractivity contribution in [2.75, 3.05) is 11.2 Å². The molecule has 0 atom stereocenters. The molecule has 0 bridgehead atoms. The van der Waals surface area contributed by atoms with Gasteiger partial charge in [-0.15, -0.1) is 11.6 Å². The Kier molecular flexibility index (Phi) is 3.89.